The van der Waals surface area contributed by atoms with Crippen molar-refractivity contribution in [1.82, 2.24) is 29.3 Å². The second-order valence-corrected chi connectivity index (χ2v) is 7.50. The number of nitrogens with one attached hydrogen (secondary N) is 1. The SMILES string of the molecule is CC(C)n1cc(C(=O)Nc2ncc3ccc(-c4cncn4C(C)C)cc3n2)cn1. The van der Waals surface area contributed by atoms with Gasteiger partial charge in [-0.25, -0.2) is 15.0 Å². The molecule has 4 aromatic rings. The Hall–Kier alpha value is -3.55. The van der Waals surface area contributed by atoms with Crippen molar-refractivity contribution < 1.29 is 4.79 Å². The Morgan fingerprint density at radius 3 is 2.62 bits per heavy atom. The summed E-state index contributed by atoms with van der Waals surface area (Å²) in [6, 6.07) is 6.47. The molecule has 8 nitrogen and oxygen atoms in total. The molecule has 0 radical (unpaired) electrons. The zero-order valence-electron chi connectivity index (χ0n) is 16.9. The van der Waals surface area contributed by atoms with Gasteiger partial charge in [0.2, 0.25) is 5.95 Å². The van der Waals surface area contributed by atoms with Gasteiger partial charge in [0.05, 0.1) is 35.5 Å². The molecule has 148 valence electrons. The Bertz CT molecular complexity index is 1170. The maximum Gasteiger partial charge on any atom is 0.261 e. The fourth-order valence-electron chi connectivity index (χ4n) is 3.09. The number of hydrogen-bond donors (Lipinski definition) is 1. The van der Waals surface area contributed by atoms with E-state index >= 15 is 0 Å². The van der Waals surface area contributed by atoms with Gasteiger partial charge >= 0.3 is 0 Å². The monoisotopic (exact) mass is 389 g/mol. The molecule has 3 aromatic heterocycles. The summed E-state index contributed by atoms with van der Waals surface area (Å²) in [7, 11) is 0. The molecular formula is C21H23N7O. The van der Waals surface area contributed by atoms with Crippen LogP contribution in [0.1, 0.15) is 50.1 Å². The molecule has 8 heteroatoms. The molecule has 3 heterocycles. The van der Waals surface area contributed by atoms with E-state index < -0.39 is 0 Å². The summed E-state index contributed by atoms with van der Waals surface area (Å²) in [5.74, 6) is -0.0281. The molecule has 0 unspecified atom stereocenters. The number of aromatic nitrogens is 6. The van der Waals surface area contributed by atoms with Gasteiger partial charge in [0.1, 0.15) is 0 Å². The number of anilines is 1. The number of imidazole rings is 1. The first-order chi connectivity index (χ1) is 13.9. The Labute approximate surface area is 168 Å². The second kappa shape index (κ2) is 7.46. The molecular weight excluding hydrogens is 366 g/mol. The molecule has 1 aromatic carbocycles. The predicted molar refractivity (Wildman–Crippen MR) is 112 cm³/mol. The number of rotatable bonds is 5. The van der Waals surface area contributed by atoms with Crippen LogP contribution >= 0.6 is 0 Å². The summed E-state index contributed by atoms with van der Waals surface area (Å²) in [6.45, 7) is 8.24. The van der Waals surface area contributed by atoms with Crippen LogP contribution < -0.4 is 5.32 Å². The normalized spacial score (nSPS) is 11.5. The number of amides is 1. The van der Waals surface area contributed by atoms with Crippen LogP contribution in [0.3, 0.4) is 0 Å². The van der Waals surface area contributed by atoms with Gasteiger partial charge in [-0.15, -0.1) is 0 Å². The standard InChI is InChI=1S/C21H23N7O/c1-13(2)27-12-22-10-19(27)15-5-6-16-8-23-21(25-18(16)7-15)26-20(29)17-9-24-28(11-17)14(3)4/h5-14H,1-4H3,(H,23,25,26,29). The smallest absolute Gasteiger partial charge is 0.261 e. The summed E-state index contributed by atoms with van der Waals surface area (Å²) >= 11 is 0. The maximum absolute atomic E-state index is 12.5. The van der Waals surface area contributed by atoms with Crippen molar-refractivity contribution in [2.24, 2.45) is 0 Å². The number of hydrogen-bond acceptors (Lipinski definition) is 5. The molecule has 0 aliphatic carbocycles. The lowest BCUT2D eigenvalue weighted by Gasteiger charge is -2.12. The Morgan fingerprint density at radius 2 is 1.90 bits per heavy atom. The van der Waals surface area contributed by atoms with E-state index in [4.69, 9.17) is 0 Å². The van der Waals surface area contributed by atoms with E-state index in [-0.39, 0.29) is 17.9 Å². The molecule has 0 fully saturated rings. The van der Waals surface area contributed by atoms with E-state index in [0.717, 1.165) is 22.2 Å². The first-order valence-corrected chi connectivity index (χ1v) is 9.57. The highest BCUT2D eigenvalue weighted by Crippen LogP contribution is 2.25. The molecule has 0 spiro atoms. The van der Waals surface area contributed by atoms with E-state index in [1.165, 1.54) is 0 Å². The van der Waals surface area contributed by atoms with E-state index in [2.05, 4.69) is 43.8 Å². The number of carbonyl (C=O) groups is 1. The minimum Gasteiger partial charge on any atom is -0.328 e. The largest absolute Gasteiger partial charge is 0.328 e. The average Bonchev–Trinajstić information content (AvgIpc) is 3.37. The molecule has 4 rings (SSSR count). The number of carbonyl (C=O) groups excluding carboxylic acids is 1. The number of benzene rings is 1. The van der Waals surface area contributed by atoms with Gasteiger partial charge in [-0.1, -0.05) is 12.1 Å². The summed E-state index contributed by atoms with van der Waals surface area (Å²) in [4.78, 5) is 25.6. The van der Waals surface area contributed by atoms with Crippen LogP contribution in [0.5, 0.6) is 0 Å². The molecule has 0 saturated carbocycles. The Balaban J connectivity index is 1.62. The first-order valence-electron chi connectivity index (χ1n) is 9.57. The molecule has 0 atom stereocenters. The van der Waals surface area contributed by atoms with Crippen LogP contribution in [0.4, 0.5) is 5.95 Å². The summed E-state index contributed by atoms with van der Waals surface area (Å²) in [5, 5.41) is 7.85. The van der Waals surface area contributed by atoms with E-state index in [1.807, 2.05) is 44.6 Å². The minimum atomic E-state index is -0.287. The summed E-state index contributed by atoms with van der Waals surface area (Å²) in [6.07, 6.45) is 8.64. The zero-order valence-corrected chi connectivity index (χ0v) is 16.9. The van der Waals surface area contributed by atoms with Crippen LogP contribution in [0.2, 0.25) is 0 Å². The fourth-order valence-corrected chi connectivity index (χ4v) is 3.09. The molecule has 0 aliphatic heterocycles. The third kappa shape index (κ3) is 3.73. The van der Waals surface area contributed by atoms with Crippen molar-refractivity contribution >= 4 is 22.8 Å². The van der Waals surface area contributed by atoms with Crippen molar-refractivity contribution in [3.05, 3.63) is 54.9 Å². The third-order valence-electron chi connectivity index (χ3n) is 4.72. The quantitative estimate of drug-likeness (QED) is 0.555. The van der Waals surface area contributed by atoms with Crippen molar-refractivity contribution in [3.63, 3.8) is 0 Å². The number of nitrogens with zero attached hydrogens (tertiary/aromatic N) is 6. The second-order valence-electron chi connectivity index (χ2n) is 7.50. The van der Waals surface area contributed by atoms with Gasteiger partial charge in [-0.2, -0.15) is 5.10 Å². The predicted octanol–water partition coefficient (Wildman–Crippen LogP) is 4.10. The highest BCUT2D eigenvalue weighted by molar-refractivity contribution is 6.03. The maximum atomic E-state index is 12.5. The highest BCUT2D eigenvalue weighted by Gasteiger charge is 2.13. The molecule has 0 saturated heterocycles. The molecule has 1 N–H and O–H groups in total. The van der Waals surface area contributed by atoms with Gasteiger partial charge in [-0.3, -0.25) is 14.8 Å². The Kier molecular flexibility index (Phi) is 4.84. The van der Waals surface area contributed by atoms with Crippen LogP contribution in [0.25, 0.3) is 22.2 Å². The van der Waals surface area contributed by atoms with Crippen molar-refractivity contribution in [2.75, 3.05) is 5.32 Å². The van der Waals surface area contributed by atoms with Crippen molar-refractivity contribution in [2.45, 2.75) is 39.8 Å². The van der Waals surface area contributed by atoms with Crippen molar-refractivity contribution in [3.8, 4) is 11.3 Å². The van der Waals surface area contributed by atoms with Gasteiger partial charge in [0, 0.05) is 35.4 Å². The minimum absolute atomic E-state index is 0.186. The van der Waals surface area contributed by atoms with Crippen LogP contribution in [0, 0.1) is 0 Å². The lowest BCUT2D eigenvalue weighted by atomic mass is 10.1. The fraction of sp³-hybridized carbons (Fsp3) is 0.286. The zero-order chi connectivity index (χ0) is 20.5. The molecule has 0 bridgehead atoms. The highest BCUT2D eigenvalue weighted by atomic mass is 16.1. The van der Waals surface area contributed by atoms with Gasteiger partial charge in [0.15, 0.2) is 0 Å². The van der Waals surface area contributed by atoms with E-state index in [0.29, 0.717) is 11.6 Å². The van der Waals surface area contributed by atoms with Crippen LogP contribution in [-0.2, 0) is 0 Å². The van der Waals surface area contributed by atoms with E-state index in [9.17, 15) is 4.79 Å². The van der Waals surface area contributed by atoms with Crippen LogP contribution in [0.15, 0.2) is 49.3 Å². The summed E-state index contributed by atoms with van der Waals surface area (Å²) < 4.78 is 3.84. The molecule has 1 amide bonds. The first kappa shape index (κ1) is 18.8. The topological polar surface area (TPSA) is 90.5 Å². The van der Waals surface area contributed by atoms with Crippen molar-refractivity contribution in [1.29, 1.82) is 0 Å². The third-order valence-corrected chi connectivity index (χ3v) is 4.72. The van der Waals surface area contributed by atoms with Gasteiger partial charge < -0.3 is 4.57 Å². The van der Waals surface area contributed by atoms with Gasteiger partial charge in [0.25, 0.3) is 5.91 Å². The van der Waals surface area contributed by atoms with E-state index in [1.54, 1.807) is 23.3 Å². The lowest BCUT2D eigenvalue weighted by Crippen LogP contribution is -2.13. The number of fused-ring (bicyclic) bond motifs is 1. The van der Waals surface area contributed by atoms with Gasteiger partial charge in [-0.05, 0) is 33.8 Å². The van der Waals surface area contributed by atoms with Crippen LogP contribution in [-0.4, -0.2) is 35.2 Å². The molecule has 0 aliphatic rings. The average molecular weight is 389 g/mol. The Morgan fingerprint density at radius 1 is 1.07 bits per heavy atom. The summed E-state index contributed by atoms with van der Waals surface area (Å²) in [5.41, 5.74) is 3.25. The molecule has 29 heavy (non-hydrogen) atoms. The lowest BCUT2D eigenvalue weighted by molar-refractivity contribution is 0.102.